The molecule has 1 heterocycles. The smallest absolute Gasteiger partial charge is 0.276 e. The molecule has 0 fully saturated rings. The van der Waals surface area contributed by atoms with E-state index in [1.54, 1.807) is 44.2 Å². The summed E-state index contributed by atoms with van der Waals surface area (Å²) in [6, 6.07) is 16.3. The summed E-state index contributed by atoms with van der Waals surface area (Å²) >= 11 is 6.16. The van der Waals surface area contributed by atoms with Crippen molar-refractivity contribution in [3.63, 3.8) is 0 Å². The van der Waals surface area contributed by atoms with Crippen LogP contribution in [0.5, 0.6) is 5.75 Å². The average Bonchev–Trinajstić information content (AvgIpc) is 2.67. The maximum atomic E-state index is 12.8. The maximum Gasteiger partial charge on any atom is 0.276 e. The number of rotatable bonds is 5. The van der Waals surface area contributed by atoms with Crippen molar-refractivity contribution in [3.05, 3.63) is 71.1 Å². The highest BCUT2D eigenvalue weighted by Crippen LogP contribution is 2.28. The number of nitrogens with one attached hydrogen (secondary N) is 1. The van der Waals surface area contributed by atoms with E-state index >= 15 is 0 Å². The second kappa shape index (κ2) is 8.05. The highest BCUT2D eigenvalue weighted by atomic mass is 35.5. The summed E-state index contributed by atoms with van der Waals surface area (Å²) in [5.74, 6) is 1.36. The Labute approximate surface area is 162 Å². The second-order valence-corrected chi connectivity index (χ2v) is 6.27. The fourth-order valence-electron chi connectivity index (χ4n) is 2.57. The highest BCUT2D eigenvalue weighted by molar-refractivity contribution is 6.32. The Bertz CT molecular complexity index is 963. The van der Waals surface area contributed by atoms with Gasteiger partial charge in [0.2, 0.25) is 0 Å². The monoisotopic (exact) mass is 382 g/mol. The number of carbonyl (C=O) groups is 1. The number of methoxy groups -OCH3 is 1. The predicted molar refractivity (Wildman–Crippen MR) is 107 cm³/mol. The molecule has 0 spiro atoms. The van der Waals surface area contributed by atoms with E-state index in [1.807, 2.05) is 36.4 Å². The number of aromatic nitrogens is 2. The molecule has 0 atom stereocenters. The van der Waals surface area contributed by atoms with E-state index in [0.717, 1.165) is 11.4 Å². The van der Waals surface area contributed by atoms with Gasteiger partial charge in [-0.1, -0.05) is 29.8 Å². The van der Waals surface area contributed by atoms with Gasteiger partial charge in [-0.25, -0.2) is 9.97 Å². The Balaban J connectivity index is 1.86. The van der Waals surface area contributed by atoms with Gasteiger partial charge in [-0.15, -0.1) is 0 Å². The van der Waals surface area contributed by atoms with Crippen LogP contribution in [-0.2, 0) is 0 Å². The van der Waals surface area contributed by atoms with Crippen molar-refractivity contribution in [2.24, 2.45) is 0 Å². The maximum absolute atomic E-state index is 12.8. The van der Waals surface area contributed by atoms with E-state index in [2.05, 4.69) is 15.3 Å². The lowest BCUT2D eigenvalue weighted by Crippen LogP contribution is -2.27. The molecule has 0 aliphatic heterocycles. The molecule has 0 unspecified atom stereocenters. The van der Waals surface area contributed by atoms with Crippen LogP contribution in [0.15, 0.2) is 54.6 Å². The molecule has 0 bridgehead atoms. The molecule has 3 aromatic rings. The average molecular weight is 383 g/mol. The summed E-state index contributed by atoms with van der Waals surface area (Å²) in [7, 11) is 3.27. The SMILES string of the molecule is COc1ccc(Nc2cc(C(=O)N(C)c3ccccc3)nc(C)n2)cc1Cl. The van der Waals surface area contributed by atoms with Gasteiger partial charge in [-0.2, -0.15) is 0 Å². The fraction of sp³-hybridized carbons (Fsp3) is 0.150. The van der Waals surface area contributed by atoms with Crippen LogP contribution in [0, 0.1) is 6.92 Å². The number of hydrogen-bond acceptors (Lipinski definition) is 5. The Morgan fingerprint density at radius 1 is 1.11 bits per heavy atom. The molecule has 0 saturated heterocycles. The van der Waals surface area contributed by atoms with Crippen molar-refractivity contribution in [1.82, 2.24) is 9.97 Å². The normalized spacial score (nSPS) is 10.4. The van der Waals surface area contributed by atoms with E-state index in [0.29, 0.717) is 28.1 Å². The summed E-state index contributed by atoms with van der Waals surface area (Å²) < 4.78 is 5.15. The molecule has 1 aromatic heterocycles. The van der Waals surface area contributed by atoms with Crippen molar-refractivity contribution < 1.29 is 9.53 Å². The van der Waals surface area contributed by atoms with Crippen LogP contribution in [0.3, 0.4) is 0 Å². The Morgan fingerprint density at radius 3 is 2.52 bits per heavy atom. The van der Waals surface area contributed by atoms with E-state index in [1.165, 1.54) is 0 Å². The molecule has 1 amide bonds. The number of nitrogens with zero attached hydrogens (tertiary/aromatic N) is 3. The molecule has 27 heavy (non-hydrogen) atoms. The summed E-state index contributed by atoms with van der Waals surface area (Å²) in [6.07, 6.45) is 0. The molecule has 0 aliphatic carbocycles. The van der Waals surface area contributed by atoms with Crippen LogP contribution in [0.1, 0.15) is 16.3 Å². The molecule has 3 rings (SSSR count). The molecule has 2 aromatic carbocycles. The quantitative estimate of drug-likeness (QED) is 0.705. The van der Waals surface area contributed by atoms with E-state index in [4.69, 9.17) is 16.3 Å². The van der Waals surface area contributed by atoms with E-state index in [-0.39, 0.29) is 5.91 Å². The van der Waals surface area contributed by atoms with Gasteiger partial charge >= 0.3 is 0 Å². The largest absolute Gasteiger partial charge is 0.495 e. The molecule has 0 radical (unpaired) electrons. The molecule has 6 nitrogen and oxygen atoms in total. The zero-order chi connectivity index (χ0) is 19.4. The molecular formula is C20H19ClN4O2. The molecular weight excluding hydrogens is 364 g/mol. The van der Waals surface area contributed by atoms with Crippen molar-refractivity contribution >= 4 is 34.7 Å². The summed E-state index contributed by atoms with van der Waals surface area (Å²) in [5, 5.41) is 3.63. The third kappa shape index (κ3) is 4.35. The Morgan fingerprint density at radius 2 is 1.85 bits per heavy atom. The zero-order valence-electron chi connectivity index (χ0n) is 15.2. The fourth-order valence-corrected chi connectivity index (χ4v) is 2.83. The van der Waals surface area contributed by atoms with Gasteiger partial charge in [0, 0.05) is 24.5 Å². The van der Waals surface area contributed by atoms with Gasteiger partial charge in [-0.3, -0.25) is 4.79 Å². The minimum Gasteiger partial charge on any atom is -0.495 e. The molecule has 0 aliphatic rings. The first-order valence-corrected chi connectivity index (χ1v) is 8.65. The Hall–Kier alpha value is -3.12. The van der Waals surface area contributed by atoms with Crippen LogP contribution in [0.2, 0.25) is 5.02 Å². The van der Waals surface area contributed by atoms with Crippen molar-refractivity contribution in [2.75, 3.05) is 24.4 Å². The van der Waals surface area contributed by atoms with Gasteiger partial charge in [0.05, 0.1) is 12.1 Å². The third-order valence-electron chi connectivity index (χ3n) is 3.93. The summed E-state index contributed by atoms with van der Waals surface area (Å²) in [5.41, 5.74) is 1.82. The van der Waals surface area contributed by atoms with Crippen LogP contribution >= 0.6 is 11.6 Å². The summed E-state index contributed by atoms with van der Waals surface area (Å²) in [4.78, 5) is 23.0. The lowest BCUT2D eigenvalue weighted by Gasteiger charge is -2.17. The van der Waals surface area contributed by atoms with E-state index in [9.17, 15) is 4.79 Å². The van der Waals surface area contributed by atoms with Gasteiger partial charge in [-0.05, 0) is 37.3 Å². The van der Waals surface area contributed by atoms with Crippen LogP contribution in [0.25, 0.3) is 0 Å². The van der Waals surface area contributed by atoms with Gasteiger partial charge < -0.3 is 15.0 Å². The number of anilines is 3. The van der Waals surface area contributed by atoms with Gasteiger partial charge in [0.1, 0.15) is 23.1 Å². The molecule has 0 saturated carbocycles. The van der Waals surface area contributed by atoms with Gasteiger partial charge in [0.25, 0.3) is 5.91 Å². The molecule has 1 N–H and O–H groups in total. The minimum atomic E-state index is -0.220. The first kappa shape index (κ1) is 18.7. The van der Waals surface area contributed by atoms with Crippen molar-refractivity contribution in [1.29, 1.82) is 0 Å². The van der Waals surface area contributed by atoms with Crippen LogP contribution in [0.4, 0.5) is 17.2 Å². The van der Waals surface area contributed by atoms with E-state index < -0.39 is 0 Å². The minimum absolute atomic E-state index is 0.220. The third-order valence-corrected chi connectivity index (χ3v) is 4.22. The number of halogens is 1. The molecule has 7 heteroatoms. The number of ether oxygens (including phenoxy) is 1. The van der Waals surface area contributed by atoms with Gasteiger partial charge in [0.15, 0.2) is 0 Å². The second-order valence-electron chi connectivity index (χ2n) is 5.86. The lowest BCUT2D eigenvalue weighted by atomic mass is 10.2. The first-order valence-electron chi connectivity index (χ1n) is 8.27. The molecule has 138 valence electrons. The first-order chi connectivity index (χ1) is 13.0. The number of amides is 1. The number of carbonyl (C=O) groups excluding carboxylic acids is 1. The summed E-state index contributed by atoms with van der Waals surface area (Å²) in [6.45, 7) is 1.74. The van der Waals surface area contributed by atoms with Crippen LogP contribution in [-0.4, -0.2) is 30.0 Å². The topological polar surface area (TPSA) is 67.3 Å². The predicted octanol–water partition coefficient (Wildman–Crippen LogP) is 4.47. The van der Waals surface area contributed by atoms with Crippen molar-refractivity contribution in [3.8, 4) is 5.75 Å². The lowest BCUT2D eigenvalue weighted by molar-refractivity contribution is 0.0988. The Kier molecular flexibility index (Phi) is 5.57. The zero-order valence-corrected chi connectivity index (χ0v) is 16.0. The highest BCUT2D eigenvalue weighted by Gasteiger charge is 2.17. The van der Waals surface area contributed by atoms with Crippen LogP contribution < -0.4 is 15.0 Å². The number of para-hydroxylation sites is 1. The van der Waals surface area contributed by atoms with Crippen molar-refractivity contribution in [2.45, 2.75) is 6.92 Å². The number of hydrogen-bond donors (Lipinski definition) is 1. The standard InChI is InChI=1S/C20H19ClN4O2/c1-13-22-17(20(26)25(2)15-7-5-4-6-8-15)12-19(23-13)24-14-9-10-18(27-3)16(21)11-14/h4-12H,1-3H3,(H,22,23,24). The number of aryl methyl sites for hydroxylation is 1. The number of benzene rings is 2.